The molecule has 2 aromatic carbocycles. The number of carbonyl (C=O) groups excluding carboxylic acids is 3. The Labute approximate surface area is 181 Å². The summed E-state index contributed by atoms with van der Waals surface area (Å²) in [6.07, 6.45) is 0.908. The highest BCUT2D eigenvalue weighted by molar-refractivity contribution is 5.95. The van der Waals surface area contributed by atoms with Crippen molar-refractivity contribution in [2.45, 2.75) is 39.2 Å². The van der Waals surface area contributed by atoms with Gasteiger partial charge in [-0.1, -0.05) is 19.1 Å². The van der Waals surface area contributed by atoms with Crippen molar-refractivity contribution in [3.05, 3.63) is 65.5 Å². The van der Waals surface area contributed by atoms with E-state index in [-0.39, 0.29) is 17.7 Å². The van der Waals surface area contributed by atoms with E-state index in [0.717, 1.165) is 6.42 Å². The van der Waals surface area contributed by atoms with Crippen molar-refractivity contribution in [1.82, 2.24) is 4.90 Å². The maximum atomic E-state index is 13.0. The fourth-order valence-corrected chi connectivity index (χ4v) is 3.48. The molecule has 2 aromatic rings. The molecule has 2 amide bonds. The summed E-state index contributed by atoms with van der Waals surface area (Å²) in [5.41, 5.74) is 2.24. The topological polar surface area (TPSA) is 75.7 Å². The van der Waals surface area contributed by atoms with E-state index < -0.39 is 17.9 Å². The van der Waals surface area contributed by atoms with Crippen LogP contribution < -0.4 is 5.32 Å². The summed E-state index contributed by atoms with van der Waals surface area (Å²) in [5, 5.41) is 2.75. The number of ether oxygens (including phenoxy) is 1. The average molecular weight is 426 g/mol. The van der Waals surface area contributed by atoms with Gasteiger partial charge in [0.15, 0.2) is 6.10 Å². The fourth-order valence-electron chi connectivity index (χ4n) is 3.48. The van der Waals surface area contributed by atoms with Gasteiger partial charge in [0.05, 0.1) is 5.92 Å². The Morgan fingerprint density at radius 3 is 2.26 bits per heavy atom. The lowest BCUT2D eigenvalue weighted by molar-refractivity contribution is -0.158. The van der Waals surface area contributed by atoms with Gasteiger partial charge in [-0.25, -0.2) is 4.39 Å². The molecule has 0 bridgehead atoms. The molecule has 1 atom stereocenters. The molecule has 1 unspecified atom stereocenters. The minimum Gasteiger partial charge on any atom is -0.452 e. The van der Waals surface area contributed by atoms with Crippen LogP contribution in [0.4, 0.5) is 10.1 Å². The van der Waals surface area contributed by atoms with Gasteiger partial charge in [-0.2, -0.15) is 0 Å². The molecule has 1 aliphatic heterocycles. The number of hydrogen-bond acceptors (Lipinski definition) is 4. The molecular formula is C24H27FN2O4. The number of piperidine rings is 1. The van der Waals surface area contributed by atoms with Crippen molar-refractivity contribution in [2.24, 2.45) is 5.92 Å². The minimum atomic E-state index is -0.919. The van der Waals surface area contributed by atoms with Crippen molar-refractivity contribution >= 4 is 23.5 Å². The van der Waals surface area contributed by atoms with Gasteiger partial charge in [0.25, 0.3) is 11.8 Å². The quantitative estimate of drug-likeness (QED) is 0.713. The molecule has 1 saturated heterocycles. The van der Waals surface area contributed by atoms with Crippen LogP contribution in [0, 0.1) is 11.7 Å². The van der Waals surface area contributed by atoms with E-state index in [9.17, 15) is 18.8 Å². The second kappa shape index (κ2) is 10.2. The lowest BCUT2D eigenvalue weighted by atomic mass is 9.96. The maximum Gasteiger partial charge on any atom is 0.309 e. The molecule has 3 rings (SSSR count). The fraction of sp³-hybridized carbons (Fsp3) is 0.375. The highest BCUT2D eigenvalue weighted by atomic mass is 19.1. The summed E-state index contributed by atoms with van der Waals surface area (Å²) in [5.74, 6) is -1.77. The van der Waals surface area contributed by atoms with E-state index in [4.69, 9.17) is 4.74 Å². The molecule has 0 spiro atoms. The smallest absolute Gasteiger partial charge is 0.309 e. The lowest BCUT2D eigenvalue weighted by Gasteiger charge is -2.31. The van der Waals surface area contributed by atoms with Crippen LogP contribution in [0.2, 0.25) is 0 Å². The molecule has 0 radical (unpaired) electrons. The van der Waals surface area contributed by atoms with E-state index in [1.807, 2.05) is 24.3 Å². The molecule has 1 N–H and O–H groups in total. The number of carbonyl (C=O) groups is 3. The molecule has 1 aliphatic rings. The first kappa shape index (κ1) is 22.5. The normalized spacial score (nSPS) is 15.3. The maximum absolute atomic E-state index is 13.0. The zero-order valence-corrected chi connectivity index (χ0v) is 17.8. The molecule has 6 nitrogen and oxygen atoms in total. The van der Waals surface area contributed by atoms with E-state index in [2.05, 4.69) is 12.2 Å². The van der Waals surface area contributed by atoms with Gasteiger partial charge in [0.2, 0.25) is 0 Å². The number of rotatable bonds is 6. The van der Waals surface area contributed by atoms with Gasteiger partial charge < -0.3 is 15.0 Å². The van der Waals surface area contributed by atoms with Crippen LogP contribution in [0.15, 0.2) is 48.5 Å². The van der Waals surface area contributed by atoms with Crippen LogP contribution in [0.25, 0.3) is 0 Å². The molecule has 164 valence electrons. The van der Waals surface area contributed by atoms with Crippen LogP contribution in [-0.4, -0.2) is 41.9 Å². The van der Waals surface area contributed by atoms with E-state index in [1.54, 1.807) is 11.8 Å². The number of nitrogens with one attached hydrogen (secondary N) is 1. The Balaban J connectivity index is 1.46. The number of anilines is 1. The molecule has 0 aliphatic carbocycles. The Hall–Kier alpha value is -3.22. The molecule has 7 heteroatoms. The lowest BCUT2D eigenvalue weighted by Crippen LogP contribution is -2.41. The number of halogens is 1. The number of amides is 2. The van der Waals surface area contributed by atoms with E-state index in [1.165, 1.54) is 29.8 Å². The SMILES string of the molecule is CCc1ccc(NC(=O)C(C)OC(=O)C2CCN(C(=O)c3ccc(F)cc3)CC2)cc1. The van der Waals surface area contributed by atoms with Crippen LogP contribution >= 0.6 is 0 Å². The van der Waals surface area contributed by atoms with Crippen molar-refractivity contribution in [1.29, 1.82) is 0 Å². The van der Waals surface area contributed by atoms with Crippen LogP contribution in [0.3, 0.4) is 0 Å². The molecule has 31 heavy (non-hydrogen) atoms. The first-order valence-corrected chi connectivity index (χ1v) is 10.5. The van der Waals surface area contributed by atoms with Gasteiger partial charge in [0, 0.05) is 24.3 Å². The standard InChI is InChI=1S/C24H27FN2O4/c1-3-17-4-10-21(11-5-17)26-22(28)16(2)31-24(30)19-12-14-27(15-13-19)23(29)18-6-8-20(25)9-7-18/h4-11,16,19H,3,12-15H2,1-2H3,(H,26,28). The summed E-state index contributed by atoms with van der Waals surface area (Å²) in [6.45, 7) is 4.40. The highest BCUT2D eigenvalue weighted by Gasteiger charge is 2.30. The van der Waals surface area contributed by atoms with Crippen molar-refractivity contribution in [3.8, 4) is 0 Å². The number of esters is 1. The number of aryl methyl sites for hydroxylation is 1. The zero-order chi connectivity index (χ0) is 22.4. The minimum absolute atomic E-state index is 0.186. The van der Waals surface area contributed by atoms with Gasteiger partial charge in [-0.15, -0.1) is 0 Å². The van der Waals surface area contributed by atoms with E-state index >= 15 is 0 Å². The van der Waals surface area contributed by atoms with Gasteiger partial charge in [-0.05, 0) is 68.1 Å². The third-order valence-electron chi connectivity index (χ3n) is 5.50. The Bertz CT molecular complexity index is 920. The molecule has 0 aromatic heterocycles. The second-order valence-electron chi connectivity index (χ2n) is 7.69. The molecule has 0 saturated carbocycles. The summed E-state index contributed by atoms with van der Waals surface area (Å²) in [4.78, 5) is 39.0. The zero-order valence-electron chi connectivity index (χ0n) is 17.8. The summed E-state index contributed by atoms with van der Waals surface area (Å²) >= 11 is 0. The number of nitrogens with zero attached hydrogens (tertiary/aromatic N) is 1. The number of benzene rings is 2. The number of hydrogen-bond donors (Lipinski definition) is 1. The Kier molecular flexibility index (Phi) is 7.39. The highest BCUT2D eigenvalue weighted by Crippen LogP contribution is 2.21. The summed E-state index contributed by atoms with van der Waals surface area (Å²) < 4.78 is 18.4. The third kappa shape index (κ3) is 5.90. The monoisotopic (exact) mass is 426 g/mol. The van der Waals surface area contributed by atoms with Crippen LogP contribution in [0.1, 0.15) is 42.6 Å². The van der Waals surface area contributed by atoms with Gasteiger partial charge in [0.1, 0.15) is 5.82 Å². The molecule has 1 heterocycles. The van der Waals surface area contributed by atoms with Gasteiger partial charge >= 0.3 is 5.97 Å². The largest absolute Gasteiger partial charge is 0.452 e. The molecular weight excluding hydrogens is 399 g/mol. The predicted octanol–water partition coefficient (Wildman–Crippen LogP) is 3.81. The second-order valence-corrected chi connectivity index (χ2v) is 7.69. The summed E-state index contributed by atoms with van der Waals surface area (Å²) in [6, 6.07) is 12.9. The first-order chi connectivity index (χ1) is 14.9. The number of likely N-dealkylation sites (tertiary alicyclic amines) is 1. The molecule has 1 fully saturated rings. The van der Waals surface area contributed by atoms with Gasteiger partial charge in [-0.3, -0.25) is 14.4 Å². The third-order valence-corrected chi connectivity index (χ3v) is 5.50. The average Bonchev–Trinajstić information content (AvgIpc) is 2.79. The Morgan fingerprint density at radius 1 is 1.06 bits per heavy atom. The first-order valence-electron chi connectivity index (χ1n) is 10.5. The van der Waals surface area contributed by atoms with Crippen molar-refractivity contribution < 1.29 is 23.5 Å². The van der Waals surface area contributed by atoms with Crippen LogP contribution in [-0.2, 0) is 20.7 Å². The van der Waals surface area contributed by atoms with Crippen LogP contribution in [0.5, 0.6) is 0 Å². The van der Waals surface area contributed by atoms with E-state index in [0.29, 0.717) is 37.2 Å². The van der Waals surface area contributed by atoms with Crippen molar-refractivity contribution in [2.75, 3.05) is 18.4 Å². The summed E-state index contributed by atoms with van der Waals surface area (Å²) in [7, 11) is 0. The Morgan fingerprint density at radius 2 is 1.68 bits per heavy atom. The predicted molar refractivity (Wildman–Crippen MR) is 115 cm³/mol. The van der Waals surface area contributed by atoms with Crippen molar-refractivity contribution in [3.63, 3.8) is 0 Å².